The molecule has 6 heteroatoms. The number of carboxylic acids is 1. The van der Waals surface area contributed by atoms with E-state index >= 15 is 0 Å². The van der Waals surface area contributed by atoms with E-state index in [0.29, 0.717) is 30.9 Å². The molecule has 1 atom stereocenters. The van der Waals surface area contributed by atoms with Crippen LogP contribution in [0.4, 0.5) is 0 Å². The number of carbonyl (C=O) groups is 2. The lowest BCUT2D eigenvalue weighted by Gasteiger charge is -2.13. The highest BCUT2D eigenvalue weighted by Gasteiger charge is 2.21. The van der Waals surface area contributed by atoms with Crippen LogP contribution in [0.25, 0.3) is 0 Å². The summed E-state index contributed by atoms with van der Waals surface area (Å²) in [6, 6.07) is 14.9. The van der Waals surface area contributed by atoms with Gasteiger partial charge in [-0.15, -0.1) is 0 Å². The van der Waals surface area contributed by atoms with Gasteiger partial charge in [-0.05, 0) is 36.1 Å². The van der Waals surface area contributed by atoms with Gasteiger partial charge in [-0.2, -0.15) is 0 Å². The van der Waals surface area contributed by atoms with Crippen LogP contribution in [0, 0.1) is 5.92 Å². The highest BCUT2D eigenvalue weighted by atomic mass is 16.5. The van der Waals surface area contributed by atoms with E-state index in [4.69, 9.17) is 9.47 Å². The highest BCUT2D eigenvalue weighted by molar-refractivity contribution is 5.82. The molecule has 0 saturated heterocycles. The summed E-state index contributed by atoms with van der Waals surface area (Å²) < 4.78 is 10.5. The summed E-state index contributed by atoms with van der Waals surface area (Å²) in [6.07, 6.45) is 0.901. The molecule has 2 aromatic carbocycles. The molecular weight excluding hydrogens is 346 g/mol. The largest absolute Gasteiger partial charge is 0.493 e. The number of hydrogen-bond donors (Lipinski definition) is 2. The monoisotopic (exact) mass is 371 g/mol. The van der Waals surface area contributed by atoms with Crippen LogP contribution in [-0.4, -0.2) is 37.7 Å². The van der Waals surface area contributed by atoms with Gasteiger partial charge in [-0.1, -0.05) is 36.4 Å². The fourth-order valence-electron chi connectivity index (χ4n) is 2.82. The Kier molecular flexibility index (Phi) is 7.67. The minimum Gasteiger partial charge on any atom is -0.493 e. The zero-order valence-corrected chi connectivity index (χ0v) is 15.6. The van der Waals surface area contributed by atoms with Gasteiger partial charge in [-0.3, -0.25) is 9.59 Å². The molecule has 0 aliphatic rings. The Morgan fingerprint density at radius 2 is 1.70 bits per heavy atom. The molecule has 2 N–H and O–H groups in total. The second-order valence-corrected chi connectivity index (χ2v) is 6.22. The maximum Gasteiger partial charge on any atom is 0.307 e. The van der Waals surface area contributed by atoms with E-state index in [9.17, 15) is 14.7 Å². The SMILES string of the molecule is COc1ccc(CCNC(=O)C[C@@H](Cc2ccccc2)C(=O)O)cc1OC. The van der Waals surface area contributed by atoms with Crippen molar-refractivity contribution in [3.8, 4) is 11.5 Å². The number of nitrogens with one attached hydrogen (secondary N) is 1. The summed E-state index contributed by atoms with van der Waals surface area (Å²) in [7, 11) is 3.15. The maximum atomic E-state index is 12.1. The van der Waals surface area contributed by atoms with E-state index in [0.717, 1.165) is 11.1 Å². The normalized spacial score (nSPS) is 11.5. The van der Waals surface area contributed by atoms with E-state index in [1.807, 2.05) is 48.5 Å². The van der Waals surface area contributed by atoms with E-state index < -0.39 is 11.9 Å². The first-order valence-corrected chi connectivity index (χ1v) is 8.77. The molecule has 0 spiro atoms. The van der Waals surface area contributed by atoms with Gasteiger partial charge in [0.25, 0.3) is 0 Å². The first kappa shape index (κ1) is 20.3. The van der Waals surface area contributed by atoms with Gasteiger partial charge in [0, 0.05) is 13.0 Å². The molecule has 144 valence electrons. The molecule has 2 aromatic rings. The van der Waals surface area contributed by atoms with Gasteiger partial charge in [0.1, 0.15) is 0 Å². The Morgan fingerprint density at radius 3 is 2.33 bits per heavy atom. The molecule has 0 aromatic heterocycles. The minimum absolute atomic E-state index is 0.0455. The van der Waals surface area contributed by atoms with Crippen molar-refractivity contribution in [2.45, 2.75) is 19.3 Å². The van der Waals surface area contributed by atoms with E-state index in [1.54, 1.807) is 14.2 Å². The average Bonchev–Trinajstić information content (AvgIpc) is 2.68. The zero-order valence-electron chi connectivity index (χ0n) is 15.6. The second kappa shape index (κ2) is 10.2. The van der Waals surface area contributed by atoms with Crippen molar-refractivity contribution in [2.24, 2.45) is 5.92 Å². The predicted molar refractivity (Wildman–Crippen MR) is 102 cm³/mol. The fourth-order valence-corrected chi connectivity index (χ4v) is 2.82. The first-order chi connectivity index (χ1) is 13.0. The lowest BCUT2D eigenvalue weighted by Crippen LogP contribution is -2.30. The quantitative estimate of drug-likeness (QED) is 0.671. The number of amides is 1. The summed E-state index contributed by atoms with van der Waals surface area (Å²) in [5.74, 6) is -0.688. The van der Waals surface area contributed by atoms with E-state index in [2.05, 4.69) is 5.32 Å². The van der Waals surface area contributed by atoms with Crippen molar-refractivity contribution in [3.05, 3.63) is 59.7 Å². The number of ether oxygens (including phenoxy) is 2. The third-order valence-electron chi connectivity index (χ3n) is 4.29. The number of benzene rings is 2. The lowest BCUT2D eigenvalue weighted by atomic mass is 9.96. The van der Waals surface area contributed by atoms with Crippen molar-refractivity contribution in [2.75, 3.05) is 20.8 Å². The first-order valence-electron chi connectivity index (χ1n) is 8.77. The Hall–Kier alpha value is -3.02. The van der Waals surface area contributed by atoms with Gasteiger partial charge in [0.15, 0.2) is 11.5 Å². The Bertz CT molecular complexity index is 760. The Balaban J connectivity index is 1.84. The smallest absolute Gasteiger partial charge is 0.307 e. The van der Waals surface area contributed by atoms with Crippen molar-refractivity contribution in [1.82, 2.24) is 5.32 Å². The number of hydrogen-bond acceptors (Lipinski definition) is 4. The number of carboxylic acid groups (broad SMARTS) is 1. The molecule has 0 bridgehead atoms. The molecule has 0 saturated carbocycles. The molecule has 2 rings (SSSR count). The predicted octanol–water partition coefficient (Wildman–Crippen LogP) is 2.70. The number of rotatable bonds is 10. The molecule has 1 amide bonds. The van der Waals surface area contributed by atoms with Crippen LogP contribution in [0.15, 0.2) is 48.5 Å². The van der Waals surface area contributed by atoms with Crippen LogP contribution in [0.3, 0.4) is 0 Å². The second-order valence-electron chi connectivity index (χ2n) is 6.22. The van der Waals surface area contributed by atoms with Gasteiger partial charge in [-0.25, -0.2) is 0 Å². The summed E-state index contributed by atoms with van der Waals surface area (Å²) in [5, 5.41) is 12.2. The Labute approximate surface area is 159 Å². The standard InChI is InChI=1S/C21H25NO5/c1-26-18-9-8-16(13-19(18)27-2)10-11-22-20(23)14-17(21(24)25)12-15-6-4-3-5-7-15/h3-9,13,17H,10-12,14H2,1-2H3,(H,22,23)(H,24,25)/t17-/m1/s1. The number of carbonyl (C=O) groups excluding carboxylic acids is 1. The van der Waals surface area contributed by atoms with Crippen LogP contribution >= 0.6 is 0 Å². The molecule has 0 heterocycles. The summed E-state index contributed by atoms with van der Waals surface area (Å²) in [4.78, 5) is 23.6. The molecular formula is C21H25NO5. The van der Waals surface area contributed by atoms with Crippen molar-refractivity contribution >= 4 is 11.9 Å². The molecule has 0 radical (unpaired) electrons. The third kappa shape index (κ3) is 6.33. The lowest BCUT2D eigenvalue weighted by molar-refractivity contribution is -0.144. The van der Waals surface area contributed by atoms with Gasteiger partial charge < -0.3 is 19.9 Å². The van der Waals surface area contributed by atoms with Crippen LogP contribution in [0.2, 0.25) is 0 Å². The highest BCUT2D eigenvalue weighted by Crippen LogP contribution is 2.27. The van der Waals surface area contributed by atoms with Gasteiger partial charge in [0.05, 0.1) is 20.1 Å². The summed E-state index contributed by atoms with van der Waals surface area (Å²) in [5.41, 5.74) is 1.90. The van der Waals surface area contributed by atoms with E-state index in [1.165, 1.54) is 0 Å². The van der Waals surface area contributed by atoms with Crippen LogP contribution < -0.4 is 14.8 Å². The van der Waals surface area contributed by atoms with Crippen molar-refractivity contribution in [3.63, 3.8) is 0 Å². The zero-order chi connectivity index (χ0) is 19.6. The third-order valence-corrected chi connectivity index (χ3v) is 4.29. The molecule has 0 aliphatic carbocycles. The fraction of sp³-hybridized carbons (Fsp3) is 0.333. The van der Waals surface area contributed by atoms with Crippen LogP contribution in [0.5, 0.6) is 11.5 Å². The molecule has 6 nitrogen and oxygen atoms in total. The summed E-state index contributed by atoms with van der Waals surface area (Å²) >= 11 is 0. The molecule has 27 heavy (non-hydrogen) atoms. The molecule has 0 aliphatic heterocycles. The Morgan fingerprint density at radius 1 is 1.00 bits per heavy atom. The number of methoxy groups -OCH3 is 2. The summed E-state index contributed by atoms with van der Waals surface area (Å²) in [6.45, 7) is 0.423. The average molecular weight is 371 g/mol. The van der Waals surface area contributed by atoms with Crippen molar-refractivity contribution in [1.29, 1.82) is 0 Å². The minimum atomic E-state index is -0.964. The van der Waals surface area contributed by atoms with Crippen LogP contribution in [0.1, 0.15) is 17.5 Å². The maximum absolute atomic E-state index is 12.1. The molecule has 0 fully saturated rings. The molecule has 0 unspecified atom stereocenters. The number of aliphatic carboxylic acids is 1. The van der Waals surface area contributed by atoms with Gasteiger partial charge in [0.2, 0.25) is 5.91 Å². The van der Waals surface area contributed by atoms with Gasteiger partial charge >= 0.3 is 5.97 Å². The van der Waals surface area contributed by atoms with Crippen LogP contribution in [-0.2, 0) is 22.4 Å². The van der Waals surface area contributed by atoms with E-state index in [-0.39, 0.29) is 12.3 Å². The van der Waals surface area contributed by atoms with Crippen molar-refractivity contribution < 1.29 is 24.2 Å². The topological polar surface area (TPSA) is 84.9 Å².